The van der Waals surface area contributed by atoms with Gasteiger partial charge in [0, 0.05) is 12.3 Å². The van der Waals surface area contributed by atoms with Crippen molar-refractivity contribution in [2.24, 2.45) is 5.92 Å². The maximum Gasteiger partial charge on any atom is 0.136 e. The lowest BCUT2D eigenvalue weighted by atomic mass is 10.0. The zero-order valence-electron chi connectivity index (χ0n) is 7.47. The molecule has 1 fully saturated rings. The summed E-state index contributed by atoms with van der Waals surface area (Å²) in [7, 11) is 0. The molecular formula is C11H14O. The van der Waals surface area contributed by atoms with Crippen molar-refractivity contribution in [1.82, 2.24) is 0 Å². The zero-order chi connectivity index (χ0) is 8.81. The summed E-state index contributed by atoms with van der Waals surface area (Å²) in [5.74, 6) is 6.35. The highest BCUT2D eigenvalue weighted by Gasteiger charge is 2.22. The molecule has 0 aromatic rings. The van der Waals surface area contributed by atoms with Crippen LogP contribution in [-0.4, -0.2) is 5.78 Å². The molecule has 1 nitrogen and oxygen atoms in total. The summed E-state index contributed by atoms with van der Waals surface area (Å²) in [4.78, 5) is 11.2. The van der Waals surface area contributed by atoms with Crippen molar-refractivity contribution in [3.63, 3.8) is 0 Å². The van der Waals surface area contributed by atoms with Crippen LogP contribution in [0.25, 0.3) is 0 Å². The third kappa shape index (κ3) is 2.54. The Morgan fingerprint density at radius 3 is 3.08 bits per heavy atom. The Bertz CT molecular complexity index is 239. The zero-order valence-corrected chi connectivity index (χ0v) is 7.47. The second kappa shape index (κ2) is 4.77. The fraction of sp³-hybridized carbons (Fsp3) is 0.545. The summed E-state index contributed by atoms with van der Waals surface area (Å²) >= 11 is 0. The van der Waals surface area contributed by atoms with E-state index in [1.807, 2.05) is 19.1 Å². The van der Waals surface area contributed by atoms with Gasteiger partial charge in [0.1, 0.15) is 5.78 Å². The Morgan fingerprint density at radius 2 is 2.50 bits per heavy atom. The predicted molar refractivity (Wildman–Crippen MR) is 49.6 cm³/mol. The molecule has 0 N–H and O–H groups in total. The van der Waals surface area contributed by atoms with Crippen molar-refractivity contribution in [3.05, 3.63) is 12.2 Å². The Kier molecular flexibility index (Phi) is 3.60. The largest absolute Gasteiger partial charge is 0.299 e. The molecule has 1 aliphatic carbocycles. The van der Waals surface area contributed by atoms with Crippen molar-refractivity contribution in [2.75, 3.05) is 0 Å². The van der Waals surface area contributed by atoms with Crippen LogP contribution in [0.2, 0.25) is 0 Å². The van der Waals surface area contributed by atoms with E-state index < -0.39 is 0 Å². The fourth-order valence-corrected chi connectivity index (χ4v) is 1.51. The van der Waals surface area contributed by atoms with E-state index in [-0.39, 0.29) is 0 Å². The molecule has 1 heteroatoms. The van der Waals surface area contributed by atoms with Crippen molar-refractivity contribution >= 4 is 5.78 Å². The summed E-state index contributed by atoms with van der Waals surface area (Å²) < 4.78 is 0. The number of rotatable bonds is 2. The van der Waals surface area contributed by atoms with Gasteiger partial charge in [0.25, 0.3) is 0 Å². The molecule has 0 aromatic carbocycles. The van der Waals surface area contributed by atoms with Crippen molar-refractivity contribution in [2.45, 2.75) is 32.6 Å². The minimum Gasteiger partial charge on any atom is -0.299 e. The number of carbonyl (C=O) groups excluding carboxylic acids is 1. The van der Waals surface area contributed by atoms with Crippen LogP contribution in [0, 0.1) is 17.8 Å². The number of ketones is 1. The normalized spacial score (nSPS) is 22.8. The lowest BCUT2D eigenvalue weighted by Gasteiger charge is -2.00. The first-order valence-corrected chi connectivity index (χ1v) is 4.44. The minimum atomic E-state index is 0.292. The first kappa shape index (κ1) is 9.06. The van der Waals surface area contributed by atoms with Crippen molar-refractivity contribution in [1.29, 1.82) is 0 Å². The average Bonchev–Trinajstić information content (AvgIpc) is 2.46. The molecule has 0 bridgehead atoms. The fourth-order valence-electron chi connectivity index (χ4n) is 1.51. The molecule has 0 aliphatic heterocycles. The van der Waals surface area contributed by atoms with Crippen LogP contribution in [0.5, 0.6) is 0 Å². The van der Waals surface area contributed by atoms with Gasteiger partial charge >= 0.3 is 0 Å². The van der Waals surface area contributed by atoms with Crippen LogP contribution < -0.4 is 0 Å². The summed E-state index contributed by atoms with van der Waals surface area (Å²) in [6, 6.07) is 0. The van der Waals surface area contributed by atoms with Crippen LogP contribution in [0.3, 0.4) is 0 Å². The molecule has 0 amide bonds. The Labute approximate surface area is 73.9 Å². The van der Waals surface area contributed by atoms with Gasteiger partial charge in [-0.15, -0.1) is 5.92 Å². The van der Waals surface area contributed by atoms with Crippen LogP contribution >= 0.6 is 0 Å². The van der Waals surface area contributed by atoms with Gasteiger partial charge < -0.3 is 0 Å². The molecule has 0 saturated heterocycles. The van der Waals surface area contributed by atoms with Gasteiger partial charge in [0.2, 0.25) is 0 Å². The number of carbonyl (C=O) groups is 1. The minimum absolute atomic E-state index is 0.292. The van der Waals surface area contributed by atoms with E-state index in [2.05, 4.69) is 11.8 Å². The monoisotopic (exact) mass is 162 g/mol. The van der Waals surface area contributed by atoms with Crippen molar-refractivity contribution < 1.29 is 4.79 Å². The number of hydrogen-bond acceptors (Lipinski definition) is 1. The lowest BCUT2D eigenvalue weighted by Crippen LogP contribution is -2.03. The quantitative estimate of drug-likeness (QED) is 0.569. The third-order valence-electron chi connectivity index (χ3n) is 2.20. The van der Waals surface area contributed by atoms with Crippen LogP contribution in [0.4, 0.5) is 0 Å². The maximum absolute atomic E-state index is 11.2. The predicted octanol–water partition coefficient (Wildman–Crippen LogP) is 2.33. The van der Waals surface area contributed by atoms with Crippen LogP contribution in [0.1, 0.15) is 32.6 Å². The van der Waals surface area contributed by atoms with Gasteiger partial charge in [0.15, 0.2) is 0 Å². The first-order chi connectivity index (χ1) is 5.84. The SMILES string of the molecule is CC#C/C=C/CC1CCCC1=O. The van der Waals surface area contributed by atoms with Gasteiger partial charge in [-0.3, -0.25) is 4.79 Å². The molecule has 1 atom stereocenters. The second-order valence-corrected chi connectivity index (χ2v) is 3.09. The Balaban J connectivity index is 2.30. The molecule has 0 radical (unpaired) electrons. The molecular weight excluding hydrogens is 148 g/mol. The smallest absolute Gasteiger partial charge is 0.136 e. The summed E-state index contributed by atoms with van der Waals surface area (Å²) in [6.07, 6.45) is 7.67. The van der Waals surface area contributed by atoms with Gasteiger partial charge in [-0.1, -0.05) is 12.0 Å². The highest BCUT2D eigenvalue weighted by molar-refractivity contribution is 5.82. The third-order valence-corrected chi connectivity index (χ3v) is 2.20. The molecule has 1 rings (SSSR count). The molecule has 1 unspecified atom stereocenters. The number of allylic oxidation sites excluding steroid dienone is 2. The number of hydrogen-bond donors (Lipinski definition) is 0. The van der Waals surface area contributed by atoms with Gasteiger partial charge in [0.05, 0.1) is 0 Å². The highest BCUT2D eigenvalue weighted by atomic mass is 16.1. The van der Waals surface area contributed by atoms with Crippen molar-refractivity contribution in [3.8, 4) is 11.8 Å². The highest BCUT2D eigenvalue weighted by Crippen LogP contribution is 2.24. The maximum atomic E-state index is 11.2. The summed E-state index contributed by atoms with van der Waals surface area (Å²) in [6.45, 7) is 1.81. The molecule has 0 heterocycles. The molecule has 12 heavy (non-hydrogen) atoms. The van der Waals surface area contributed by atoms with Crippen LogP contribution in [0.15, 0.2) is 12.2 Å². The number of Topliss-reactive ketones (excluding diaryl/α,β-unsaturated/α-hetero) is 1. The van der Waals surface area contributed by atoms with Crippen LogP contribution in [-0.2, 0) is 4.79 Å². The summed E-state index contributed by atoms with van der Waals surface area (Å²) in [5, 5.41) is 0. The topological polar surface area (TPSA) is 17.1 Å². The molecule has 1 aliphatic rings. The molecule has 0 spiro atoms. The van der Waals surface area contributed by atoms with E-state index in [1.165, 1.54) is 0 Å². The molecule has 64 valence electrons. The van der Waals surface area contributed by atoms with Gasteiger partial charge in [-0.2, -0.15) is 0 Å². The van der Waals surface area contributed by atoms with Gasteiger partial charge in [-0.05, 0) is 32.3 Å². The second-order valence-electron chi connectivity index (χ2n) is 3.09. The van der Waals surface area contributed by atoms with E-state index in [1.54, 1.807) is 0 Å². The summed E-state index contributed by atoms with van der Waals surface area (Å²) in [5.41, 5.74) is 0. The van der Waals surface area contributed by atoms with E-state index in [4.69, 9.17) is 0 Å². The average molecular weight is 162 g/mol. The Morgan fingerprint density at radius 1 is 1.67 bits per heavy atom. The van der Waals surface area contributed by atoms with E-state index in [0.717, 1.165) is 25.7 Å². The van der Waals surface area contributed by atoms with E-state index in [9.17, 15) is 4.79 Å². The first-order valence-electron chi connectivity index (χ1n) is 4.44. The molecule has 1 saturated carbocycles. The van der Waals surface area contributed by atoms with E-state index >= 15 is 0 Å². The van der Waals surface area contributed by atoms with Gasteiger partial charge in [-0.25, -0.2) is 0 Å². The van der Waals surface area contributed by atoms with E-state index in [0.29, 0.717) is 11.7 Å². The lowest BCUT2D eigenvalue weighted by molar-refractivity contribution is -0.120. The Hall–Kier alpha value is -1.03. The molecule has 0 aromatic heterocycles. The standard InChI is InChI=1S/C11H14O/c1-2-3-4-5-7-10-8-6-9-11(10)12/h4-5,10H,6-9H2,1H3/b5-4+.